The minimum absolute atomic E-state index is 0.00299. The van der Waals surface area contributed by atoms with Crippen LogP contribution in [0.1, 0.15) is 30.1 Å². The molecule has 2 heterocycles. The number of halogens is 4. The van der Waals surface area contributed by atoms with Gasteiger partial charge in [0.1, 0.15) is 6.54 Å². The van der Waals surface area contributed by atoms with Gasteiger partial charge < -0.3 is 5.32 Å². The molecule has 26 heavy (non-hydrogen) atoms. The molecule has 1 aliphatic rings. The number of thiazole rings is 1. The van der Waals surface area contributed by atoms with Crippen molar-refractivity contribution in [1.82, 2.24) is 14.8 Å². The lowest BCUT2D eigenvalue weighted by atomic mass is 10.2. The zero-order chi connectivity index (χ0) is 18.5. The van der Waals surface area contributed by atoms with Gasteiger partial charge in [0.15, 0.2) is 10.8 Å². The number of amides is 1. The molecule has 1 amide bonds. The number of alkyl halides is 3. The Morgan fingerprint density at radius 3 is 2.73 bits per heavy atom. The van der Waals surface area contributed by atoms with Gasteiger partial charge in [0.2, 0.25) is 5.91 Å². The van der Waals surface area contributed by atoms with E-state index in [4.69, 9.17) is 0 Å². The third kappa shape index (κ3) is 3.35. The molecule has 0 radical (unpaired) electrons. The fourth-order valence-corrected chi connectivity index (χ4v) is 4.44. The standard InChI is InChI=1S/C16H12BrF3N4OS/c17-12-13(8-5-6-8)24(23-14(12)16(18,19)20)7-11(25)22-15-21-9-3-1-2-4-10(9)26-15/h1-4,8H,5-7H2,(H,21,22,25). The lowest BCUT2D eigenvalue weighted by molar-refractivity contribution is -0.142. The van der Waals surface area contributed by atoms with Crippen LogP contribution in [0.4, 0.5) is 18.3 Å². The maximum atomic E-state index is 13.1. The molecule has 1 aromatic carbocycles. The monoisotopic (exact) mass is 444 g/mol. The minimum atomic E-state index is -4.57. The van der Waals surface area contributed by atoms with Crippen LogP contribution in [0.15, 0.2) is 28.7 Å². The maximum Gasteiger partial charge on any atom is 0.436 e. The molecular formula is C16H12BrF3N4OS. The summed E-state index contributed by atoms with van der Waals surface area (Å²) in [6.45, 7) is -0.295. The third-order valence-electron chi connectivity index (χ3n) is 4.00. The summed E-state index contributed by atoms with van der Waals surface area (Å²) in [6, 6.07) is 7.42. The molecule has 0 atom stereocenters. The number of aromatic nitrogens is 3. The van der Waals surface area contributed by atoms with Crippen molar-refractivity contribution >= 4 is 48.5 Å². The molecule has 136 valence electrons. The average Bonchev–Trinajstić information content (AvgIpc) is 3.21. The highest BCUT2D eigenvalue weighted by Crippen LogP contribution is 2.46. The lowest BCUT2D eigenvalue weighted by Crippen LogP contribution is -2.21. The van der Waals surface area contributed by atoms with Gasteiger partial charge >= 0.3 is 6.18 Å². The summed E-state index contributed by atoms with van der Waals surface area (Å²) in [6.07, 6.45) is -2.99. The summed E-state index contributed by atoms with van der Waals surface area (Å²) >= 11 is 4.32. The van der Waals surface area contributed by atoms with Gasteiger partial charge in [0, 0.05) is 5.92 Å². The first-order valence-electron chi connectivity index (χ1n) is 7.82. The Morgan fingerprint density at radius 2 is 2.08 bits per heavy atom. The van der Waals surface area contributed by atoms with Gasteiger partial charge in [-0.2, -0.15) is 18.3 Å². The zero-order valence-electron chi connectivity index (χ0n) is 13.2. The largest absolute Gasteiger partial charge is 0.436 e. The highest BCUT2D eigenvalue weighted by Gasteiger charge is 2.41. The number of para-hydroxylation sites is 1. The Bertz CT molecular complexity index is 960. The van der Waals surface area contributed by atoms with E-state index in [1.807, 2.05) is 24.3 Å². The minimum Gasteiger partial charge on any atom is -0.300 e. The van der Waals surface area contributed by atoms with Crippen molar-refractivity contribution in [3.8, 4) is 0 Å². The molecule has 4 rings (SSSR count). The normalized spacial score (nSPS) is 14.8. The predicted octanol–water partition coefficient (Wildman–Crippen LogP) is 4.79. The maximum absolute atomic E-state index is 13.1. The number of benzene rings is 1. The Kier molecular flexibility index (Phi) is 4.26. The highest BCUT2D eigenvalue weighted by atomic mass is 79.9. The molecular weight excluding hydrogens is 433 g/mol. The van der Waals surface area contributed by atoms with Gasteiger partial charge in [-0.25, -0.2) is 4.98 Å². The SMILES string of the molecule is O=C(Cn1nc(C(F)(F)F)c(Br)c1C1CC1)Nc1nc2ccccc2s1. The Hall–Kier alpha value is -1.94. The molecule has 0 unspecified atom stereocenters. The van der Waals surface area contributed by atoms with Crippen LogP contribution in [0, 0.1) is 0 Å². The predicted molar refractivity (Wildman–Crippen MR) is 95.2 cm³/mol. The lowest BCUT2D eigenvalue weighted by Gasteiger charge is -2.06. The molecule has 0 spiro atoms. The van der Waals surface area contributed by atoms with Crippen molar-refractivity contribution in [2.45, 2.75) is 31.5 Å². The molecule has 1 aliphatic carbocycles. The molecule has 10 heteroatoms. The number of hydrogen-bond donors (Lipinski definition) is 1. The van der Waals surface area contributed by atoms with Crippen LogP contribution in [0.2, 0.25) is 0 Å². The van der Waals surface area contributed by atoms with Crippen molar-refractivity contribution in [3.63, 3.8) is 0 Å². The fourth-order valence-electron chi connectivity index (χ4n) is 2.72. The highest BCUT2D eigenvalue weighted by molar-refractivity contribution is 9.10. The Morgan fingerprint density at radius 1 is 1.35 bits per heavy atom. The molecule has 1 fully saturated rings. The molecule has 2 aromatic heterocycles. The molecule has 1 N–H and O–H groups in total. The first-order valence-corrected chi connectivity index (χ1v) is 9.42. The van der Waals surface area contributed by atoms with Crippen LogP contribution in [0.3, 0.4) is 0 Å². The average molecular weight is 445 g/mol. The van der Waals surface area contributed by atoms with Crippen molar-refractivity contribution in [1.29, 1.82) is 0 Å². The number of hydrogen-bond acceptors (Lipinski definition) is 4. The smallest absolute Gasteiger partial charge is 0.300 e. The summed E-state index contributed by atoms with van der Waals surface area (Å²) < 4.78 is 41.3. The van der Waals surface area contributed by atoms with Gasteiger partial charge in [-0.05, 0) is 40.9 Å². The number of rotatable bonds is 4. The van der Waals surface area contributed by atoms with Gasteiger partial charge in [-0.15, -0.1) is 0 Å². The van der Waals surface area contributed by atoms with E-state index < -0.39 is 17.8 Å². The van der Waals surface area contributed by atoms with Crippen LogP contribution in [0.5, 0.6) is 0 Å². The van der Waals surface area contributed by atoms with Crippen molar-refractivity contribution in [2.24, 2.45) is 0 Å². The van der Waals surface area contributed by atoms with E-state index in [2.05, 4.69) is 31.3 Å². The summed E-state index contributed by atoms with van der Waals surface area (Å²) in [5.41, 5.74) is 0.191. The second-order valence-corrected chi connectivity index (χ2v) is 7.84. The third-order valence-corrected chi connectivity index (χ3v) is 5.73. The van der Waals surface area contributed by atoms with Gasteiger partial charge in [0.25, 0.3) is 0 Å². The number of carbonyl (C=O) groups is 1. The van der Waals surface area contributed by atoms with Gasteiger partial charge in [0.05, 0.1) is 20.4 Å². The zero-order valence-corrected chi connectivity index (χ0v) is 15.6. The first kappa shape index (κ1) is 17.5. The van der Waals surface area contributed by atoms with Crippen molar-refractivity contribution < 1.29 is 18.0 Å². The number of anilines is 1. The molecule has 1 saturated carbocycles. The topological polar surface area (TPSA) is 59.8 Å². The number of carbonyl (C=O) groups excluding carboxylic acids is 1. The first-order chi connectivity index (χ1) is 12.3. The second kappa shape index (κ2) is 6.34. The summed E-state index contributed by atoms with van der Waals surface area (Å²) in [5.74, 6) is -0.460. The van der Waals surface area contributed by atoms with E-state index in [0.29, 0.717) is 10.8 Å². The van der Waals surface area contributed by atoms with Crippen LogP contribution in [0.25, 0.3) is 10.2 Å². The molecule has 0 saturated heterocycles. The van der Waals surface area contributed by atoms with E-state index >= 15 is 0 Å². The van der Waals surface area contributed by atoms with Crippen molar-refractivity contribution in [2.75, 3.05) is 5.32 Å². The van der Waals surface area contributed by atoms with Gasteiger partial charge in [-0.1, -0.05) is 23.5 Å². The van der Waals surface area contributed by atoms with Crippen LogP contribution in [-0.4, -0.2) is 20.7 Å². The molecule has 0 bridgehead atoms. The van der Waals surface area contributed by atoms with Crippen LogP contribution >= 0.6 is 27.3 Å². The second-order valence-electron chi connectivity index (χ2n) is 6.01. The van der Waals surface area contributed by atoms with E-state index in [0.717, 1.165) is 27.7 Å². The quantitative estimate of drug-likeness (QED) is 0.629. The van der Waals surface area contributed by atoms with E-state index in [1.165, 1.54) is 11.3 Å². The molecule has 3 aromatic rings. The summed E-state index contributed by atoms with van der Waals surface area (Å²) in [4.78, 5) is 16.6. The van der Waals surface area contributed by atoms with Crippen LogP contribution < -0.4 is 5.32 Å². The molecule has 5 nitrogen and oxygen atoms in total. The van der Waals surface area contributed by atoms with Crippen LogP contribution in [-0.2, 0) is 17.5 Å². The molecule has 0 aliphatic heterocycles. The summed E-state index contributed by atoms with van der Waals surface area (Å²) in [7, 11) is 0. The van der Waals surface area contributed by atoms with E-state index in [-0.39, 0.29) is 16.9 Å². The Labute approximate surface area is 158 Å². The van der Waals surface area contributed by atoms with E-state index in [1.54, 1.807) is 0 Å². The number of nitrogens with zero attached hydrogens (tertiary/aromatic N) is 3. The summed E-state index contributed by atoms with van der Waals surface area (Å²) in [5, 5.41) is 6.69. The number of fused-ring (bicyclic) bond motifs is 1. The van der Waals surface area contributed by atoms with Gasteiger partial charge in [-0.3, -0.25) is 9.48 Å². The number of nitrogens with one attached hydrogen (secondary N) is 1. The Balaban J connectivity index is 1.57. The van der Waals surface area contributed by atoms with E-state index in [9.17, 15) is 18.0 Å². The van der Waals surface area contributed by atoms with Crippen molar-refractivity contribution in [3.05, 3.63) is 40.1 Å². The fraction of sp³-hybridized carbons (Fsp3) is 0.312.